The van der Waals surface area contributed by atoms with Crippen molar-refractivity contribution in [2.45, 2.75) is 52.9 Å². The molecule has 0 N–H and O–H groups in total. The zero-order chi connectivity index (χ0) is 23.2. The number of aromatic nitrogens is 2. The van der Waals surface area contributed by atoms with Crippen molar-refractivity contribution in [3.05, 3.63) is 83.0 Å². The first-order valence-corrected chi connectivity index (χ1v) is 12.4. The molecule has 34 heavy (non-hydrogen) atoms. The van der Waals surface area contributed by atoms with Crippen molar-refractivity contribution in [1.82, 2.24) is 9.97 Å². The van der Waals surface area contributed by atoms with Crippen LogP contribution in [0.1, 0.15) is 47.9 Å². The van der Waals surface area contributed by atoms with Gasteiger partial charge in [-0.25, -0.2) is 4.98 Å². The Bertz CT molecular complexity index is 1520. The van der Waals surface area contributed by atoms with Crippen LogP contribution in [-0.2, 0) is 6.42 Å². The molecular formula is C31H30N2O. The van der Waals surface area contributed by atoms with Crippen LogP contribution in [0.4, 0.5) is 0 Å². The van der Waals surface area contributed by atoms with Crippen LogP contribution in [0.3, 0.4) is 0 Å². The molecule has 0 aliphatic heterocycles. The Kier molecular flexibility index (Phi) is 5.21. The Hall–Kier alpha value is -3.46. The molecule has 1 aliphatic rings. The van der Waals surface area contributed by atoms with Crippen molar-refractivity contribution < 1.29 is 4.42 Å². The summed E-state index contributed by atoms with van der Waals surface area (Å²) in [5.74, 6) is 0.830. The van der Waals surface area contributed by atoms with E-state index in [1.165, 1.54) is 53.5 Å². The second kappa shape index (κ2) is 8.39. The van der Waals surface area contributed by atoms with Gasteiger partial charge in [0, 0.05) is 28.1 Å². The first-order chi connectivity index (χ1) is 16.6. The molecule has 0 spiro atoms. The predicted octanol–water partition coefficient (Wildman–Crippen LogP) is 8.37. The lowest BCUT2D eigenvalue weighted by Crippen LogP contribution is -1.99. The van der Waals surface area contributed by atoms with Crippen LogP contribution in [0.5, 0.6) is 0 Å². The van der Waals surface area contributed by atoms with Crippen LogP contribution in [0.15, 0.2) is 65.2 Å². The highest BCUT2D eigenvalue weighted by Gasteiger charge is 2.17. The Labute approximate surface area is 200 Å². The quantitative estimate of drug-likeness (QED) is 0.278. The van der Waals surface area contributed by atoms with Crippen molar-refractivity contribution in [2.24, 2.45) is 5.92 Å². The highest BCUT2D eigenvalue weighted by atomic mass is 16.3. The predicted molar refractivity (Wildman–Crippen MR) is 140 cm³/mol. The van der Waals surface area contributed by atoms with Crippen LogP contribution < -0.4 is 0 Å². The Morgan fingerprint density at radius 1 is 0.824 bits per heavy atom. The smallest absolute Gasteiger partial charge is 0.227 e. The zero-order valence-corrected chi connectivity index (χ0v) is 20.2. The molecule has 0 amide bonds. The zero-order valence-electron chi connectivity index (χ0n) is 20.2. The number of furan rings is 1. The standard InChI is InChI=1S/C31H30N2O/c1-19-8-9-20(2)30(21(19)3)27-12-11-25-26-18-24(10-13-29(26)34-31(25)33-27)28-17-23(14-15-32-28)16-22-6-4-5-7-22/h8-15,17-18,22H,4-7,16H2,1-3H3. The third-order valence-electron chi connectivity index (χ3n) is 7.66. The van der Waals surface area contributed by atoms with Gasteiger partial charge in [-0.2, -0.15) is 0 Å². The van der Waals surface area contributed by atoms with Crippen LogP contribution in [-0.4, -0.2) is 9.97 Å². The van der Waals surface area contributed by atoms with Gasteiger partial charge in [-0.15, -0.1) is 0 Å². The highest BCUT2D eigenvalue weighted by molar-refractivity contribution is 6.05. The maximum Gasteiger partial charge on any atom is 0.227 e. The van der Waals surface area contributed by atoms with Crippen molar-refractivity contribution in [3.63, 3.8) is 0 Å². The third-order valence-corrected chi connectivity index (χ3v) is 7.66. The van der Waals surface area contributed by atoms with E-state index in [-0.39, 0.29) is 0 Å². The van der Waals surface area contributed by atoms with Gasteiger partial charge in [0.25, 0.3) is 0 Å². The fourth-order valence-electron chi connectivity index (χ4n) is 5.61. The first-order valence-electron chi connectivity index (χ1n) is 12.4. The highest BCUT2D eigenvalue weighted by Crippen LogP contribution is 2.35. The van der Waals surface area contributed by atoms with Crippen molar-refractivity contribution >= 4 is 22.1 Å². The summed E-state index contributed by atoms with van der Waals surface area (Å²) in [5, 5.41) is 2.14. The molecule has 3 heteroatoms. The number of hydrogen-bond donors (Lipinski definition) is 0. The number of rotatable bonds is 4. The van der Waals surface area contributed by atoms with E-state index >= 15 is 0 Å². The van der Waals surface area contributed by atoms with Gasteiger partial charge in [0.1, 0.15) is 5.58 Å². The molecule has 0 saturated heterocycles. The average molecular weight is 447 g/mol. The Morgan fingerprint density at radius 3 is 2.50 bits per heavy atom. The van der Waals surface area contributed by atoms with E-state index < -0.39 is 0 Å². The maximum atomic E-state index is 6.20. The molecule has 1 saturated carbocycles. The Balaban J connectivity index is 1.39. The lowest BCUT2D eigenvalue weighted by molar-refractivity contribution is 0.546. The summed E-state index contributed by atoms with van der Waals surface area (Å²) in [7, 11) is 0. The minimum atomic E-state index is 0.688. The minimum Gasteiger partial charge on any atom is -0.438 e. The molecule has 0 bridgehead atoms. The second-order valence-electron chi connectivity index (χ2n) is 9.97. The van der Waals surface area contributed by atoms with Gasteiger partial charge in [0.15, 0.2) is 0 Å². The van der Waals surface area contributed by atoms with Gasteiger partial charge in [-0.3, -0.25) is 4.98 Å². The van der Waals surface area contributed by atoms with Crippen LogP contribution in [0.2, 0.25) is 0 Å². The number of aryl methyl sites for hydroxylation is 2. The van der Waals surface area contributed by atoms with E-state index in [0.29, 0.717) is 5.71 Å². The summed E-state index contributed by atoms with van der Waals surface area (Å²) in [6.45, 7) is 6.46. The molecule has 2 aromatic carbocycles. The van der Waals surface area contributed by atoms with Crippen molar-refractivity contribution in [3.8, 4) is 22.5 Å². The molecule has 0 unspecified atom stereocenters. The van der Waals surface area contributed by atoms with E-state index in [1.807, 2.05) is 6.20 Å². The third kappa shape index (κ3) is 3.69. The van der Waals surface area contributed by atoms with Crippen LogP contribution >= 0.6 is 0 Å². The van der Waals surface area contributed by atoms with Gasteiger partial charge in [0.05, 0.1) is 11.4 Å². The summed E-state index contributed by atoms with van der Waals surface area (Å²) in [6, 6.07) is 19.4. The number of fused-ring (bicyclic) bond motifs is 3. The first kappa shape index (κ1) is 21.1. The van der Waals surface area contributed by atoms with E-state index in [4.69, 9.17) is 14.4 Å². The normalized spacial score (nSPS) is 14.4. The lowest BCUT2D eigenvalue weighted by atomic mass is 9.95. The van der Waals surface area contributed by atoms with E-state index in [1.54, 1.807) is 0 Å². The van der Waals surface area contributed by atoms with Crippen LogP contribution in [0.25, 0.3) is 44.6 Å². The lowest BCUT2D eigenvalue weighted by Gasteiger charge is -2.11. The topological polar surface area (TPSA) is 38.9 Å². The second-order valence-corrected chi connectivity index (χ2v) is 9.97. The van der Waals surface area contributed by atoms with Gasteiger partial charge in [-0.05, 0) is 97.8 Å². The van der Waals surface area contributed by atoms with Gasteiger partial charge in [0.2, 0.25) is 5.71 Å². The fourth-order valence-corrected chi connectivity index (χ4v) is 5.61. The molecule has 1 fully saturated rings. The van der Waals surface area contributed by atoms with Crippen LogP contribution in [0, 0.1) is 26.7 Å². The molecule has 3 aromatic heterocycles. The average Bonchev–Trinajstić information content (AvgIpc) is 3.48. The summed E-state index contributed by atoms with van der Waals surface area (Å²) in [5.41, 5.74) is 11.0. The van der Waals surface area contributed by atoms with E-state index in [0.717, 1.165) is 45.6 Å². The SMILES string of the molecule is Cc1ccc(C)c(-c2ccc3c(n2)oc2ccc(-c4cc(CC5CCCC5)ccn4)cc23)c1C. The van der Waals surface area contributed by atoms with Crippen molar-refractivity contribution in [2.75, 3.05) is 0 Å². The summed E-state index contributed by atoms with van der Waals surface area (Å²) in [4.78, 5) is 9.63. The molecule has 0 radical (unpaired) electrons. The number of nitrogens with zero attached hydrogens (tertiary/aromatic N) is 2. The molecule has 5 aromatic rings. The van der Waals surface area contributed by atoms with Crippen molar-refractivity contribution in [1.29, 1.82) is 0 Å². The van der Waals surface area contributed by atoms with E-state index in [2.05, 4.69) is 75.4 Å². The summed E-state index contributed by atoms with van der Waals surface area (Å²) < 4.78 is 6.20. The van der Waals surface area contributed by atoms with Gasteiger partial charge < -0.3 is 4.42 Å². The molecule has 170 valence electrons. The molecule has 1 aliphatic carbocycles. The molecule has 3 heterocycles. The molecule has 6 rings (SSSR count). The van der Waals surface area contributed by atoms with Gasteiger partial charge in [-0.1, -0.05) is 37.8 Å². The fraction of sp³-hybridized carbons (Fsp3) is 0.290. The van der Waals surface area contributed by atoms with Gasteiger partial charge >= 0.3 is 0 Å². The molecular weight excluding hydrogens is 416 g/mol. The monoisotopic (exact) mass is 446 g/mol. The molecule has 3 nitrogen and oxygen atoms in total. The molecule has 0 atom stereocenters. The summed E-state index contributed by atoms with van der Waals surface area (Å²) in [6.07, 6.45) is 8.61. The summed E-state index contributed by atoms with van der Waals surface area (Å²) >= 11 is 0. The minimum absolute atomic E-state index is 0.688. The number of benzene rings is 2. The largest absolute Gasteiger partial charge is 0.438 e. The maximum absolute atomic E-state index is 6.20. The van der Waals surface area contributed by atoms with E-state index in [9.17, 15) is 0 Å². The number of pyridine rings is 2. The Morgan fingerprint density at radius 2 is 1.65 bits per heavy atom. The number of hydrogen-bond acceptors (Lipinski definition) is 3.